The van der Waals surface area contributed by atoms with Crippen LogP contribution >= 0.6 is 68.0 Å². The number of hydrogen-bond acceptors (Lipinski definition) is 24. The van der Waals surface area contributed by atoms with Crippen LogP contribution < -0.4 is 82.3 Å². The lowest BCUT2D eigenvalue weighted by molar-refractivity contribution is 0.0909. The second kappa shape index (κ2) is 42.7. The van der Waals surface area contributed by atoms with Crippen LogP contribution in [-0.4, -0.2) is 115 Å². The molecule has 6 aromatic rings. The largest absolute Gasteiger partial charge is 0.373 e. The third-order valence-corrected chi connectivity index (χ3v) is 23.3. The Bertz CT molecular complexity index is 3970. The Morgan fingerprint density at radius 2 is 0.757 bits per heavy atom. The summed E-state index contributed by atoms with van der Waals surface area (Å²) in [5.74, 6) is -2.77. The highest BCUT2D eigenvalue weighted by molar-refractivity contribution is 7.15. The molecule has 0 aliphatic heterocycles. The van der Waals surface area contributed by atoms with Crippen molar-refractivity contribution in [3.8, 4) is 0 Å². The van der Waals surface area contributed by atoms with Crippen molar-refractivity contribution in [2.45, 2.75) is 228 Å². The maximum absolute atomic E-state index is 15.5. The molecule has 107 heavy (non-hydrogen) atoms. The zero-order valence-corrected chi connectivity index (χ0v) is 68.5. The van der Waals surface area contributed by atoms with E-state index in [0.717, 1.165) is 34.2 Å². The van der Waals surface area contributed by atoms with Gasteiger partial charge in [0, 0.05) is 45.1 Å². The van der Waals surface area contributed by atoms with Crippen LogP contribution in [0.5, 0.6) is 0 Å². The van der Waals surface area contributed by atoms with E-state index < -0.39 is 72.0 Å². The van der Waals surface area contributed by atoms with E-state index in [0.29, 0.717) is 180 Å². The molecule has 6 aromatic heterocycles. The number of carbonyl (C=O) groups is 5. The van der Waals surface area contributed by atoms with E-state index in [4.69, 9.17) is 85.9 Å². The number of primary amides is 1. The fourth-order valence-corrected chi connectivity index (χ4v) is 18.4. The molecular formula is C70H113N25O6S6. The van der Waals surface area contributed by atoms with Gasteiger partial charge in [0.15, 0.2) is 23.8 Å². The van der Waals surface area contributed by atoms with E-state index in [1.807, 2.05) is 62.3 Å². The summed E-state index contributed by atoms with van der Waals surface area (Å²) in [7, 11) is 0. The number of amides is 5. The van der Waals surface area contributed by atoms with Crippen LogP contribution in [0.3, 0.4) is 0 Å². The molecule has 6 heterocycles. The number of rotatable bonds is 46. The summed E-state index contributed by atoms with van der Waals surface area (Å²) in [4.78, 5) is 105. The quantitative estimate of drug-likeness (QED) is 0.00734. The van der Waals surface area contributed by atoms with Crippen molar-refractivity contribution in [3.63, 3.8) is 0 Å². The average molecular weight is 1590 g/mol. The molecule has 0 spiro atoms. The van der Waals surface area contributed by atoms with Gasteiger partial charge >= 0.3 is 0 Å². The molecule has 6 rings (SSSR count). The van der Waals surface area contributed by atoms with Gasteiger partial charge in [-0.3, -0.25) is 50.9 Å². The lowest BCUT2D eigenvalue weighted by Crippen LogP contribution is -2.35. The number of aromatic nitrogens is 6. The standard InChI is InChI=1S/C70H113N25O6S6/c1-33(2)29-43(90-65(100)57-51(87-39(11)102-57)41(71)21-13-17-25-81-67(73)74)53-60(105-45(92-53)23-15-19-27-83-69(77)78)63(98)86-38(10)50-56(107-48(95-50)32-36(7)8)64(99)89-42(22-14-18-26-82-68(75)76)52-58(103-40(12)88-52)66(101)91-44(30-34(3)4)54-59(104-46(93-54)24-16-20-28-84-70(79)80)62(97)85-37(9)49-55(61(72)96)106-47(94-49)31-35(5)6/h33-38,41-44,65,90,100H,13-32,71H2,1-12H3,(H2,72,96)(H,85,97)(H,86,98)(H,89,99)(H,91,101)(H4,73,74,81)(H4,75,76,82)(H4,77,78,83)(H4,79,80,84)/t37-,38-,41-,42-,43-,44-,65?/m0/s1. The number of unbranched alkanes of at least 4 members (excludes halogenated alkanes) is 4. The third-order valence-electron chi connectivity index (χ3n) is 16.8. The van der Waals surface area contributed by atoms with E-state index >= 15 is 14.4 Å². The zero-order chi connectivity index (χ0) is 78.9. The van der Waals surface area contributed by atoms with Gasteiger partial charge in [-0.1, -0.05) is 55.4 Å². The smallest absolute Gasteiger partial charge is 0.263 e. The minimum atomic E-state index is -1.25. The Morgan fingerprint density at radius 3 is 1.21 bits per heavy atom. The SMILES string of the molecule is Cc1nc([C@H](CCCCNC(=N)N)NC(=O)c2sc(CC(C)C)nc2[C@H](C)NC(=O)c2sc(CCCCNC(=N)N)nc2[C@H](CC(C)C)NC(O)c2sc(C)nc2[C@@H](N)CCCCNC(=N)N)c(C(=O)N[C@@H](CC(C)C)c2nc(CCCCNC(=N)N)sc2C(=O)N[C@@H](C)c2nc(CC(C)C)sc2C(N)=O)s1. The van der Waals surface area contributed by atoms with Crippen LogP contribution in [-0.2, 0) is 25.7 Å². The lowest BCUT2D eigenvalue weighted by Gasteiger charge is -2.24. The van der Waals surface area contributed by atoms with E-state index in [1.54, 1.807) is 20.8 Å². The van der Waals surface area contributed by atoms with Crippen LogP contribution in [0.15, 0.2) is 0 Å². The first kappa shape index (κ1) is 88.0. The lowest BCUT2D eigenvalue weighted by atomic mass is 9.99. The minimum Gasteiger partial charge on any atom is -0.373 e. The number of hydrogen-bond donors (Lipinski definition) is 20. The van der Waals surface area contributed by atoms with Crippen LogP contribution in [0.2, 0.25) is 0 Å². The number of guanidine groups is 4. The molecule has 1 unspecified atom stereocenters. The molecule has 0 radical (unpaired) electrons. The van der Waals surface area contributed by atoms with Crippen molar-refractivity contribution in [2.75, 3.05) is 26.2 Å². The Balaban J connectivity index is 1.36. The number of thiazole rings is 6. The summed E-state index contributed by atoms with van der Waals surface area (Å²) >= 11 is 7.38. The fraction of sp³-hybridized carbons (Fsp3) is 0.614. The van der Waals surface area contributed by atoms with Gasteiger partial charge in [-0.15, -0.1) is 68.0 Å². The first-order chi connectivity index (χ1) is 50.6. The summed E-state index contributed by atoms with van der Waals surface area (Å²) in [5, 5.41) is 74.3. The Kier molecular flexibility index (Phi) is 35.1. The number of nitrogens with one attached hydrogen (secondary N) is 13. The fourth-order valence-electron chi connectivity index (χ4n) is 12.0. The zero-order valence-electron chi connectivity index (χ0n) is 63.6. The van der Waals surface area contributed by atoms with Gasteiger partial charge in [-0.2, -0.15) is 0 Å². The van der Waals surface area contributed by atoms with Crippen molar-refractivity contribution in [1.82, 2.24) is 77.8 Å². The van der Waals surface area contributed by atoms with Crippen molar-refractivity contribution in [2.24, 2.45) is 58.1 Å². The summed E-state index contributed by atoms with van der Waals surface area (Å²) < 4.78 is 0. The van der Waals surface area contributed by atoms with Gasteiger partial charge in [-0.05, 0) is 141 Å². The van der Waals surface area contributed by atoms with E-state index in [2.05, 4.69) is 47.9 Å². The second-order valence-electron chi connectivity index (χ2n) is 28.5. The summed E-state index contributed by atoms with van der Waals surface area (Å²) in [6, 6.07) is -4.43. The van der Waals surface area contributed by atoms with Gasteiger partial charge in [0.25, 0.3) is 29.5 Å². The molecule has 37 heteroatoms. The first-order valence-corrected chi connectivity index (χ1v) is 41.5. The molecule has 7 atom stereocenters. The molecule has 590 valence electrons. The van der Waals surface area contributed by atoms with Crippen molar-refractivity contribution in [3.05, 3.63) is 93.5 Å². The number of aliphatic hydroxyl groups excluding tert-OH is 1. The first-order valence-electron chi connectivity index (χ1n) is 36.6. The maximum atomic E-state index is 15.5. The highest BCUT2D eigenvalue weighted by atomic mass is 32.1. The molecule has 0 aromatic carbocycles. The minimum absolute atomic E-state index is 0.0219. The Labute approximate surface area is 651 Å². The number of nitrogens with two attached hydrogens (primary N) is 6. The van der Waals surface area contributed by atoms with Gasteiger partial charge in [0.05, 0.1) is 99.3 Å². The number of aryl methyl sites for hydroxylation is 4. The van der Waals surface area contributed by atoms with Crippen LogP contribution in [0.4, 0.5) is 0 Å². The summed E-state index contributed by atoms with van der Waals surface area (Å²) in [5.41, 5.74) is 37.3. The normalized spacial score (nSPS) is 13.6. The highest BCUT2D eigenvalue weighted by Gasteiger charge is 2.36. The summed E-state index contributed by atoms with van der Waals surface area (Å²) in [6.07, 6.45) is 7.65. The predicted molar refractivity (Wildman–Crippen MR) is 430 cm³/mol. The molecule has 26 N–H and O–H groups in total. The second-order valence-corrected chi connectivity index (χ2v) is 35.2. The van der Waals surface area contributed by atoms with Crippen LogP contribution in [0.25, 0.3) is 0 Å². The molecule has 0 fully saturated rings. The van der Waals surface area contributed by atoms with Crippen molar-refractivity contribution in [1.29, 1.82) is 21.6 Å². The van der Waals surface area contributed by atoms with Crippen LogP contribution in [0, 0.1) is 59.2 Å². The Hall–Kier alpha value is -7.91. The number of nitrogens with zero attached hydrogens (tertiary/aromatic N) is 6. The number of carbonyl (C=O) groups excluding carboxylic acids is 5. The molecule has 31 nitrogen and oxygen atoms in total. The molecule has 0 saturated carbocycles. The topological polar surface area (TPSA) is 543 Å². The molecule has 5 amide bonds. The summed E-state index contributed by atoms with van der Waals surface area (Å²) in [6.45, 7) is 25.3. The van der Waals surface area contributed by atoms with E-state index in [1.165, 1.54) is 56.7 Å². The predicted octanol–water partition coefficient (Wildman–Crippen LogP) is 8.79. The molecule has 0 saturated heterocycles. The molecular weight excluding hydrogens is 1480 g/mol. The maximum Gasteiger partial charge on any atom is 0.263 e. The van der Waals surface area contributed by atoms with E-state index in [-0.39, 0.29) is 67.0 Å². The monoisotopic (exact) mass is 1590 g/mol. The highest BCUT2D eigenvalue weighted by Crippen LogP contribution is 2.38. The number of aliphatic hydroxyl groups is 1. The van der Waals surface area contributed by atoms with Crippen LogP contribution in [0.1, 0.15) is 306 Å². The van der Waals surface area contributed by atoms with Crippen molar-refractivity contribution >= 4 is 121 Å². The van der Waals surface area contributed by atoms with E-state index in [9.17, 15) is 14.7 Å². The molecule has 0 bridgehead atoms. The molecule has 0 aliphatic rings. The Morgan fingerprint density at radius 1 is 0.402 bits per heavy atom. The van der Waals surface area contributed by atoms with Crippen molar-refractivity contribution < 1.29 is 29.1 Å². The van der Waals surface area contributed by atoms with Gasteiger partial charge in [-0.25, -0.2) is 29.9 Å². The average Bonchev–Trinajstić information content (AvgIpc) is 1.67. The molecule has 0 aliphatic carbocycles. The van der Waals surface area contributed by atoms with Gasteiger partial charge in [0.2, 0.25) is 0 Å². The third kappa shape index (κ3) is 27.9. The van der Waals surface area contributed by atoms with Gasteiger partial charge in [0.1, 0.15) is 30.6 Å². The van der Waals surface area contributed by atoms with Gasteiger partial charge < -0.3 is 82.0 Å².